The van der Waals surface area contributed by atoms with E-state index in [2.05, 4.69) is 38.2 Å². The number of pyridine rings is 2. The molecule has 0 aliphatic carbocycles. The molecule has 4 aromatic rings. The third kappa shape index (κ3) is 3.56. The zero-order valence-electron chi connectivity index (χ0n) is 16.2. The smallest absolute Gasteiger partial charge is 0.270 e. The summed E-state index contributed by atoms with van der Waals surface area (Å²) in [6.45, 7) is 3.05. The Balaban J connectivity index is 1.32. The second-order valence-electron chi connectivity index (χ2n) is 7.26. The van der Waals surface area contributed by atoms with Crippen LogP contribution in [0.15, 0.2) is 59.8 Å². The summed E-state index contributed by atoms with van der Waals surface area (Å²) in [6, 6.07) is 10.8. The van der Waals surface area contributed by atoms with Gasteiger partial charge >= 0.3 is 0 Å². The predicted molar refractivity (Wildman–Crippen MR) is 111 cm³/mol. The Hall–Kier alpha value is -3.56. The molecular formula is C21H21N7O2. The number of nitrogens with zero attached hydrogens (tertiary/aromatic N) is 4. The number of fused-ring (bicyclic) bond motifs is 2. The highest BCUT2D eigenvalue weighted by atomic mass is 16.2. The van der Waals surface area contributed by atoms with E-state index >= 15 is 0 Å². The van der Waals surface area contributed by atoms with Crippen molar-refractivity contribution < 1.29 is 4.79 Å². The Morgan fingerprint density at radius 1 is 1.13 bits per heavy atom. The van der Waals surface area contributed by atoms with Crippen LogP contribution in [0.25, 0.3) is 11.3 Å². The van der Waals surface area contributed by atoms with Gasteiger partial charge in [-0.15, -0.1) is 0 Å². The summed E-state index contributed by atoms with van der Waals surface area (Å²) in [5.41, 5.74) is 2.95. The number of aromatic nitrogens is 4. The molecule has 1 amide bonds. The minimum Gasteiger partial charge on any atom is -0.345 e. The minimum atomic E-state index is -0.409. The minimum absolute atomic E-state index is 0.0909. The van der Waals surface area contributed by atoms with E-state index in [0.29, 0.717) is 5.65 Å². The number of piperazine rings is 1. The molecule has 9 heteroatoms. The third-order valence-electron chi connectivity index (χ3n) is 5.20. The van der Waals surface area contributed by atoms with Crippen molar-refractivity contribution in [1.29, 1.82) is 0 Å². The maximum Gasteiger partial charge on any atom is 0.270 e. The van der Waals surface area contributed by atoms with Crippen molar-refractivity contribution in [2.45, 2.75) is 12.6 Å². The standard InChI is InChI=1S/C21H21N7O2/c29-20-9-16(26-19-3-1-2-8-28(19)20)21(30)24-10-15-13-27-12-14(4-5-18(27)25-15)17-11-22-6-7-23-17/h1-5,8-9,12-13,17,22-23H,6-7,10-11H2,(H,24,30). The maximum absolute atomic E-state index is 12.5. The average molecular weight is 403 g/mol. The highest BCUT2D eigenvalue weighted by Crippen LogP contribution is 2.16. The zero-order chi connectivity index (χ0) is 20.5. The number of hydrogen-bond donors (Lipinski definition) is 3. The summed E-state index contributed by atoms with van der Waals surface area (Å²) in [5, 5.41) is 9.68. The lowest BCUT2D eigenvalue weighted by molar-refractivity contribution is 0.0945. The highest BCUT2D eigenvalue weighted by Gasteiger charge is 2.15. The fourth-order valence-electron chi connectivity index (χ4n) is 3.67. The van der Waals surface area contributed by atoms with Crippen molar-refractivity contribution in [1.82, 2.24) is 34.7 Å². The molecule has 1 saturated heterocycles. The van der Waals surface area contributed by atoms with Gasteiger partial charge in [0.25, 0.3) is 11.5 Å². The van der Waals surface area contributed by atoms with Crippen molar-refractivity contribution in [2.75, 3.05) is 19.6 Å². The Morgan fingerprint density at radius 2 is 2.07 bits per heavy atom. The van der Waals surface area contributed by atoms with Gasteiger partial charge in [0.2, 0.25) is 0 Å². The van der Waals surface area contributed by atoms with E-state index < -0.39 is 5.91 Å². The molecule has 0 bridgehead atoms. The highest BCUT2D eigenvalue weighted by molar-refractivity contribution is 5.92. The van der Waals surface area contributed by atoms with Gasteiger partial charge in [-0.3, -0.25) is 14.0 Å². The number of carbonyl (C=O) groups excluding carboxylic acids is 1. The summed E-state index contributed by atoms with van der Waals surface area (Å²) in [4.78, 5) is 33.5. The van der Waals surface area contributed by atoms with E-state index in [1.807, 2.05) is 16.7 Å². The largest absolute Gasteiger partial charge is 0.345 e. The van der Waals surface area contributed by atoms with Crippen molar-refractivity contribution in [3.05, 3.63) is 82.3 Å². The monoisotopic (exact) mass is 403 g/mol. The molecule has 3 N–H and O–H groups in total. The lowest BCUT2D eigenvalue weighted by Crippen LogP contribution is -2.42. The molecule has 1 aliphatic heterocycles. The molecule has 1 fully saturated rings. The van der Waals surface area contributed by atoms with Crippen LogP contribution in [0.5, 0.6) is 0 Å². The van der Waals surface area contributed by atoms with E-state index in [-0.39, 0.29) is 23.8 Å². The zero-order valence-corrected chi connectivity index (χ0v) is 16.2. The van der Waals surface area contributed by atoms with Gasteiger partial charge < -0.3 is 20.4 Å². The lowest BCUT2D eigenvalue weighted by Gasteiger charge is -2.24. The Morgan fingerprint density at radius 3 is 2.93 bits per heavy atom. The number of imidazole rings is 1. The number of amides is 1. The first kappa shape index (κ1) is 18.5. The predicted octanol–water partition coefficient (Wildman–Crippen LogP) is 0.506. The molecule has 1 atom stereocenters. The lowest BCUT2D eigenvalue weighted by atomic mass is 10.1. The van der Waals surface area contributed by atoms with Gasteiger partial charge in [0.15, 0.2) is 0 Å². The molecule has 0 aromatic carbocycles. The normalized spacial score (nSPS) is 16.7. The van der Waals surface area contributed by atoms with Gasteiger partial charge in [-0.1, -0.05) is 12.1 Å². The summed E-state index contributed by atoms with van der Waals surface area (Å²) in [5.74, 6) is -0.409. The molecule has 152 valence electrons. The average Bonchev–Trinajstić information content (AvgIpc) is 3.20. The molecular weight excluding hydrogens is 382 g/mol. The third-order valence-corrected chi connectivity index (χ3v) is 5.20. The van der Waals surface area contributed by atoms with Crippen LogP contribution in [0.2, 0.25) is 0 Å². The quantitative estimate of drug-likeness (QED) is 0.459. The van der Waals surface area contributed by atoms with E-state index in [4.69, 9.17) is 0 Å². The van der Waals surface area contributed by atoms with Gasteiger partial charge in [0.1, 0.15) is 17.0 Å². The SMILES string of the molecule is O=C(NCc1cn2cc(C3CNCCN3)ccc2n1)c1cc(=O)n2ccccc2n1. The first-order valence-corrected chi connectivity index (χ1v) is 9.86. The molecule has 1 unspecified atom stereocenters. The Bertz CT molecular complexity index is 1290. The number of carbonyl (C=O) groups is 1. The van der Waals surface area contributed by atoms with E-state index in [9.17, 15) is 9.59 Å². The molecule has 5 rings (SSSR count). The molecule has 0 saturated carbocycles. The van der Waals surface area contributed by atoms with Gasteiger partial charge in [0, 0.05) is 50.3 Å². The second-order valence-corrected chi connectivity index (χ2v) is 7.26. The van der Waals surface area contributed by atoms with Crippen LogP contribution in [0.4, 0.5) is 0 Å². The van der Waals surface area contributed by atoms with Crippen LogP contribution in [0.1, 0.15) is 27.8 Å². The molecule has 30 heavy (non-hydrogen) atoms. The summed E-state index contributed by atoms with van der Waals surface area (Å²) >= 11 is 0. The van der Waals surface area contributed by atoms with E-state index in [1.54, 1.807) is 24.4 Å². The van der Waals surface area contributed by atoms with Crippen LogP contribution >= 0.6 is 0 Å². The molecule has 4 aromatic heterocycles. The molecule has 0 spiro atoms. The van der Waals surface area contributed by atoms with Gasteiger partial charge in [0.05, 0.1) is 12.2 Å². The van der Waals surface area contributed by atoms with Crippen molar-refractivity contribution >= 4 is 17.2 Å². The van der Waals surface area contributed by atoms with Crippen LogP contribution in [-0.4, -0.2) is 44.3 Å². The van der Waals surface area contributed by atoms with Gasteiger partial charge in [-0.25, -0.2) is 9.97 Å². The van der Waals surface area contributed by atoms with Crippen LogP contribution in [-0.2, 0) is 6.54 Å². The fourth-order valence-corrected chi connectivity index (χ4v) is 3.67. The first-order valence-electron chi connectivity index (χ1n) is 9.86. The van der Waals surface area contributed by atoms with Crippen LogP contribution in [0.3, 0.4) is 0 Å². The second kappa shape index (κ2) is 7.69. The summed E-state index contributed by atoms with van der Waals surface area (Å²) < 4.78 is 3.36. The first-order chi connectivity index (χ1) is 14.7. The van der Waals surface area contributed by atoms with Crippen LogP contribution < -0.4 is 21.5 Å². The number of hydrogen-bond acceptors (Lipinski definition) is 6. The number of rotatable bonds is 4. The number of nitrogens with one attached hydrogen (secondary N) is 3. The van der Waals surface area contributed by atoms with Crippen molar-refractivity contribution in [2.24, 2.45) is 0 Å². The van der Waals surface area contributed by atoms with Crippen molar-refractivity contribution in [3.63, 3.8) is 0 Å². The maximum atomic E-state index is 12.5. The topological polar surface area (TPSA) is 105 Å². The van der Waals surface area contributed by atoms with Crippen molar-refractivity contribution in [3.8, 4) is 0 Å². The van der Waals surface area contributed by atoms with Gasteiger partial charge in [-0.05, 0) is 23.8 Å². The molecule has 9 nitrogen and oxygen atoms in total. The molecule has 5 heterocycles. The van der Waals surface area contributed by atoms with Crippen LogP contribution in [0, 0.1) is 0 Å². The fraction of sp³-hybridized carbons (Fsp3) is 0.238. The summed E-state index contributed by atoms with van der Waals surface area (Å²) in [7, 11) is 0. The summed E-state index contributed by atoms with van der Waals surface area (Å²) in [6.07, 6.45) is 5.58. The van der Waals surface area contributed by atoms with E-state index in [1.165, 1.54) is 16.0 Å². The molecule has 1 aliphatic rings. The van der Waals surface area contributed by atoms with E-state index in [0.717, 1.165) is 31.0 Å². The Labute approximate surface area is 171 Å². The van der Waals surface area contributed by atoms with Gasteiger partial charge in [-0.2, -0.15) is 0 Å². The molecule has 0 radical (unpaired) electrons. The Kier molecular flexibility index (Phi) is 4.74.